The maximum atomic E-state index is 4.51. The lowest BCUT2D eigenvalue weighted by Crippen LogP contribution is -1.71. The number of thiazole rings is 1. The molecule has 86 valence electrons. The number of aromatic amines is 1. The van der Waals surface area contributed by atoms with Crippen molar-refractivity contribution in [3.05, 3.63) is 40.5 Å². The summed E-state index contributed by atoms with van der Waals surface area (Å²) in [4.78, 5) is 8.97. The Hall–Kier alpha value is -1.39. The molecule has 1 N–H and O–H groups in total. The Bertz CT molecular complexity index is 591. The van der Waals surface area contributed by atoms with Crippen LogP contribution in [0.15, 0.2) is 29.1 Å². The number of rotatable bonds is 2. The van der Waals surface area contributed by atoms with E-state index < -0.39 is 0 Å². The van der Waals surface area contributed by atoms with Gasteiger partial charge < -0.3 is 4.98 Å². The van der Waals surface area contributed by atoms with Gasteiger partial charge in [-0.05, 0) is 36.9 Å². The van der Waals surface area contributed by atoms with Crippen LogP contribution < -0.4 is 0 Å². The van der Waals surface area contributed by atoms with Crippen molar-refractivity contribution in [2.45, 2.75) is 13.8 Å². The van der Waals surface area contributed by atoms with E-state index in [0.29, 0.717) is 0 Å². The zero-order chi connectivity index (χ0) is 11.8. The second-order valence-corrected chi connectivity index (χ2v) is 5.83. The Morgan fingerprint density at radius 3 is 2.59 bits per heavy atom. The molecule has 3 heterocycles. The molecule has 3 aromatic heterocycles. The highest BCUT2D eigenvalue weighted by atomic mass is 32.1. The SMILES string of the molecule is Cc1csc(-c2cc(-c3c[nH]c(C)c3)cs2)n1. The molecule has 0 saturated carbocycles. The van der Waals surface area contributed by atoms with Gasteiger partial charge in [-0.1, -0.05) is 0 Å². The van der Waals surface area contributed by atoms with E-state index in [1.54, 1.807) is 22.7 Å². The third-order valence-electron chi connectivity index (χ3n) is 2.59. The number of H-pyrrole nitrogens is 1. The Morgan fingerprint density at radius 1 is 1.06 bits per heavy atom. The molecule has 2 nitrogen and oxygen atoms in total. The molecule has 0 atom stereocenters. The lowest BCUT2D eigenvalue weighted by atomic mass is 10.2. The molecule has 0 aliphatic carbocycles. The van der Waals surface area contributed by atoms with Gasteiger partial charge in [-0.25, -0.2) is 4.98 Å². The first-order valence-corrected chi connectivity index (χ1v) is 7.15. The van der Waals surface area contributed by atoms with E-state index in [0.717, 1.165) is 10.7 Å². The third kappa shape index (κ3) is 2.06. The average molecular weight is 260 g/mol. The summed E-state index contributed by atoms with van der Waals surface area (Å²) in [6.45, 7) is 4.10. The van der Waals surface area contributed by atoms with Crippen molar-refractivity contribution >= 4 is 22.7 Å². The molecule has 0 fully saturated rings. The minimum atomic E-state index is 1.09. The summed E-state index contributed by atoms with van der Waals surface area (Å²) in [6, 6.07) is 4.38. The van der Waals surface area contributed by atoms with Crippen molar-refractivity contribution in [3.63, 3.8) is 0 Å². The van der Waals surface area contributed by atoms with E-state index in [2.05, 4.69) is 39.8 Å². The topological polar surface area (TPSA) is 28.7 Å². The van der Waals surface area contributed by atoms with Crippen molar-refractivity contribution in [2.75, 3.05) is 0 Å². The minimum Gasteiger partial charge on any atom is -0.365 e. The first kappa shape index (κ1) is 10.7. The van der Waals surface area contributed by atoms with Crippen LogP contribution in [0.1, 0.15) is 11.4 Å². The molecule has 0 spiro atoms. The van der Waals surface area contributed by atoms with Crippen LogP contribution in [0.4, 0.5) is 0 Å². The summed E-state index contributed by atoms with van der Waals surface area (Å²) < 4.78 is 0. The van der Waals surface area contributed by atoms with Gasteiger partial charge in [-0.2, -0.15) is 0 Å². The summed E-state index contributed by atoms with van der Waals surface area (Å²) in [7, 11) is 0. The summed E-state index contributed by atoms with van der Waals surface area (Å²) in [6.07, 6.45) is 2.05. The average Bonchev–Trinajstić information content (AvgIpc) is 2.96. The lowest BCUT2D eigenvalue weighted by molar-refractivity contribution is 1.27. The van der Waals surface area contributed by atoms with Crippen molar-refractivity contribution in [3.8, 4) is 21.0 Å². The zero-order valence-electron chi connectivity index (χ0n) is 9.65. The van der Waals surface area contributed by atoms with Gasteiger partial charge in [-0.3, -0.25) is 0 Å². The van der Waals surface area contributed by atoms with Gasteiger partial charge in [0, 0.05) is 28.5 Å². The van der Waals surface area contributed by atoms with Gasteiger partial charge in [0.05, 0.1) is 4.88 Å². The molecule has 0 saturated heterocycles. The van der Waals surface area contributed by atoms with Crippen molar-refractivity contribution < 1.29 is 0 Å². The van der Waals surface area contributed by atoms with Crippen LogP contribution in [-0.2, 0) is 0 Å². The van der Waals surface area contributed by atoms with Gasteiger partial charge in [0.1, 0.15) is 5.01 Å². The quantitative estimate of drug-likeness (QED) is 0.723. The second-order valence-electron chi connectivity index (χ2n) is 4.07. The molecule has 3 rings (SSSR count). The molecule has 0 aliphatic heterocycles. The summed E-state index contributed by atoms with van der Waals surface area (Å²) in [5, 5.41) is 5.40. The van der Waals surface area contributed by atoms with Gasteiger partial charge in [-0.15, -0.1) is 22.7 Å². The van der Waals surface area contributed by atoms with Crippen LogP contribution in [0.25, 0.3) is 21.0 Å². The van der Waals surface area contributed by atoms with E-state index in [1.165, 1.54) is 21.7 Å². The molecular formula is C13H12N2S2. The molecule has 0 bridgehead atoms. The van der Waals surface area contributed by atoms with Crippen LogP contribution in [-0.4, -0.2) is 9.97 Å². The number of aromatic nitrogens is 2. The van der Waals surface area contributed by atoms with E-state index in [9.17, 15) is 0 Å². The maximum absolute atomic E-state index is 4.51. The standard InChI is InChI=1S/C13H12N2S2/c1-8-3-10(5-14-8)11-4-12(16-7-11)13-15-9(2)6-17-13/h3-7,14H,1-2H3. The fourth-order valence-corrected chi connectivity index (χ4v) is 3.54. The summed E-state index contributed by atoms with van der Waals surface area (Å²) >= 11 is 3.46. The number of hydrogen-bond donors (Lipinski definition) is 1. The number of nitrogens with zero attached hydrogens (tertiary/aromatic N) is 1. The Morgan fingerprint density at radius 2 is 1.94 bits per heavy atom. The lowest BCUT2D eigenvalue weighted by Gasteiger charge is -1.89. The predicted molar refractivity (Wildman–Crippen MR) is 74.7 cm³/mol. The predicted octanol–water partition coefficient (Wildman–Crippen LogP) is 4.48. The Balaban J connectivity index is 1.98. The van der Waals surface area contributed by atoms with Gasteiger partial charge in [0.2, 0.25) is 0 Å². The van der Waals surface area contributed by atoms with Crippen molar-refractivity contribution in [1.29, 1.82) is 0 Å². The van der Waals surface area contributed by atoms with Crippen LogP contribution in [0.2, 0.25) is 0 Å². The minimum absolute atomic E-state index is 1.09. The van der Waals surface area contributed by atoms with Crippen LogP contribution in [0, 0.1) is 13.8 Å². The number of nitrogens with one attached hydrogen (secondary N) is 1. The van der Waals surface area contributed by atoms with Crippen LogP contribution in [0.3, 0.4) is 0 Å². The highest BCUT2D eigenvalue weighted by molar-refractivity contribution is 7.20. The van der Waals surface area contributed by atoms with E-state index in [1.807, 2.05) is 13.1 Å². The molecule has 0 aliphatic rings. The molecule has 3 aromatic rings. The molecule has 0 unspecified atom stereocenters. The fraction of sp³-hybridized carbons (Fsp3) is 0.154. The molecule has 0 aromatic carbocycles. The van der Waals surface area contributed by atoms with Gasteiger partial charge in [0.15, 0.2) is 0 Å². The Kier molecular flexibility index (Phi) is 2.61. The number of aryl methyl sites for hydroxylation is 2. The third-order valence-corrected chi connectivity index (χ3v) is 4.65. The smallest absolute Gasteiger partial charge is 0.133 e. The highest BCUT2D eigenvalue weighted by Gasteiger charge is 2.08. The highest BCUT2D eigenvalue weighted by Crippen LogP contribution is 2.34. The van der Waals surface area contributed by atoms with E-state index in [4.69, 9.17) is 0 Å². The monoisotopic (exact) mass is 260 g/mol. The molecule has 0 amide bonds. The number of hydrogen-bond acceptors (Lipinski definition) is 3. The Labute approximate surface area is 108 Å². The van der Waals surface area contributed by atoms with E-state index >= 15 is 0 Å². The first-order chi connectivity index (χ1) is 8.22. The van der Waals surface area contributed by atoms with Gasteiger partial charge >= 0.3 is 0 Å². The van der Waals surface area contributed by atoms with Crippen molar-refractivity contribution in [1.82, 2.24) is 9.97 Å². The van der Waals surface area contributed by atoms with Crippen molar-refractivity contribution in [2.24, 2.45) is 0 Å². The molecular weight excluding hydrogens is 248 g/mol. The summed E-state index contributed by atoms with van der Waals surface area (Å²) in [5.74, 6) is 0. The van der Waals surface area contributed by atoms with Crippen LogP contribution in [0.5, 0.6) is 0 Å². The molecule has 0 radical (unpaired) electrons. The first-order valence-electron chi connectivity index (χ1n) is 5.39. The zero-order valence-corrected chi connectivity index (χ0v) is 11.3. The fourth-order valence-electron chi connectivity index (χ4n) is 1.74. The van der Waals surface area contributed by atoms with E-state index in [-0.39, 0.29) is 0 Å². The molecule has 17 heavy (non-hydrogen) atoms. The number of thiophene rings is 1. The maximum Gasteiger partial charge on any atom is 0.133 e. The summed E-state index contributed by atoms with van der Waals surface area (Å²) in [5.41, 5.74) is 4.80. The second kappa shape index (κ2) is 4.13. The normalized spacial score (nSPS) is 10.9. The largest absolute Gasteiger partial charge is 0.365 e. The van der Waals surface area contributed by atoms with Crippen LogP contribution >= 0.6 is 22.7 Å². The van der Waals surface area contributed by atoms with Gasteiger partial charge in [0.25, 0.3) is 0 Å². The molecule has 4 heteroatoms.